The first-order valence-corrected chi connectivity index (χ1v) is 6.52. The number of carbonyl (C=O) groups is 1. The summed E-state index contributed by atoms with van der Waals surface area (Å²) in [7, 11) is 0. The van der Waals surface area contributed by atoms with Crippen molar-refractivity contribution in [1.29, 1.82) is 0 Å². The third kappa shape index (κ3) is 2.17. The van der Waals surface area contributed by atoms with E-state index in [1.165, 1.54) is 0 Å². The van der Waals surface area contributed by atoms with Crippen molar-refractivity contribution in [2.75, 3.05) is 19.7 Å². The Morgan fingerprint density at radius 2 is 2.16 bits per heavy atom. The Bertz CT molecular complexity index is 638. The molecule has 3 rings (SSSR count). The number of hydrogen-bond donors (Lipinski definition) is 1. The van der Waals surface area contributed by atoms with Crippen molar-refractivity contribution in [3.63, 3.8) is 0 Å². The van der Waals surface area contributed by atoms with Crippen molar-refractivity contribution < 1.29 is 9.90 Å². The van der Waals surface area contributed by atoms with Gasteiger partial charge in [-0.05, 0) is 12.1 Å². The van der Waals surface area contributed by atoms with Gasteiger partial charge in [0, 0.05) is 31.0 Å². The quantitative estimate of drug-likeness (QED) is 0.853. The van der Waals surface area contributed by atoms with Crippen molar-refractivity contribution in [3.8, 4) is 0 Å². The third-order valence-electron chi connectivity index (χ3n) is 3.42. The molecule has 98 valence electrons. The molecule has 1 aliphatic heterocycles. The van der Waals surface area contributed by atoms with Crippen molar-refractivity contribution >= 4 is 28.4 Å². The Balaban J connectivity index is 1.98. The molecule has 0 spiro atoms. The van der Waals surface area contributed by atoms with E-state index < -0.39 is 0 Å². The largest absolute Gasteiger partial charge is 0.396 e. The van der Waals surface area contributed by atoms with Gasteiger partial charge in [0.05, 0.1) is 11.1 Å². The number of rotatable bonds is 2. The van der Waals surface area contributed by atoms with Gasteiger partial charge >= 0.3 is 0 Å². The number of benzene rings is 1. The molecule has 2 aromatic rings. The maximum Gasteiger partial charge on any atom is 0.254 e. The van der Waals surface area contributed by atoms with E-state index in [9.17, 15) is 4.79 Å². The first kappa shape index (κ1) is 12.4. The van der Waals surface area contributed by atoms with E-state index in [0.717, 1.165) is 10.9 Å². The predicted molar refractivity (Wildman–Crippen MR) is 73.2 cm³/mol. The number of halogens is 1. The van der Waals surface area contributed by atoms with Gasteiger partial charge in [-0.3, -0.25) is 4.79 Å². The van der Waals surface area contributed by atoms with Crippen LogP contribution in [0.1, 0.15) is 10.4 Å². The lowest BCUT2D eigenvalue weighted by atomic mass is 9.99. The molecule has 1 amide bonds. The Labute approximate surface area is 115 Å². The van der Waals surface area contributed by atoms with Crippen molar-refractivity contribution in [1.82, 2.24) is 9.88 Å². The molecule has 4 nitrogen and oxygen atoms in total. The molecule has 1 saturated heterocycles. The van der Waals surface area contributed by atoms with Crippen molar-refractivity contribution in [2.45, 2.75) is 0 Å². The number of fused-ring (bicyclic) bond motifs is 1. The number of aromatic nitrogens is 1. The van der Waals surface area contributed by atoms with E-state index >= 15 is 0 Å². The van der Waals surface area contributed by atoms with Gasteiger partial charge in [-0.25, -0.2) is 4.98 Å². The molecule has 1 aromatic heterocycles. The number of aliphatic hydroxyl groups excluding tert-OH is 1. The van der Waals surface area contributed by atoms with Crippen LogP contribution < -0.4 is 0 Å². The first-order valence-electron chi connectivity index (χ1n) is 6.14. The Morgan fingerprint density at radius 3 is 2.89 bits per heavy atom. The number of carbonyl (C=O) groups excluding carboxylic acids is 1. The van der Waals surface area contributed by atoms with Crippen LogP contribution in [0, 0.1) is 5.92 Å². The molecule has 2 heterocycles. The molecule has 1 fully saturated rings. The second-order valence-corrected chi connectivity index (χ2v) is 5.16. The highest BCUT2D eigenvalue weighted by molar-refractivity contribution is 6.30. The minimum absolute atomic E-state index is 0.0507. The molecule has 0 unspecified atom stereocenters. The molecule has 0 bridgehead atoms. The summed E-state index contributed by atoms with van der Waals surface area (Å²) in [6.45, 7) is 1.33. The summed E-state index contributed by atoms with van der Waals surface area (Å²) < 4.78 is 0. The van der Waals surface area contributed by atoms with Gasteiger partial charge in [-0.15, -0.1) is 0 Å². The van der Waals surface area contributed by atoms with Crippen LogP contribution in [-0.4, -0.2) is 40.6 Å². The van der Waals surface area contributed by atoms with Crippen LogP contribution >= 0.6 is 11.6 Å². The highest BCUT2D eigenvalue weighted by Crippen LogP contribution is 2.25. The second kappa shape index (κ2) is 4.79. The van der Waals surface area contributed by atoms with E-state index in [-0.39, 0.29) is 18.4 Å². The Kier molecular flexibility index (Phi) is 3.12. The van der Waals surface area contributed by atoms with Gasteiger partial charge in [0.2, 0.25) is 0 Å². The van der Waals surface area contributed by atoms with Gasteiger partial charge < -0.3 is 10.0 Å². The minimum atomic E-state index is -0.0507. The number of aliphatic hydroxyl groups is 1. The molecule has 0 atom stereocenters. The molecule has 1 N–H and O–H groups in total. The van der Waals surface area contributed by atoms with E-state index in [0.29, 0.717) is 23.8 Å². The minimum Gasteiger partial charge on any atom is -0.396 e. The Morgan fingerprint density at radius 1 is 1.42 bits per heavy atom. The number of hydrogen-bond acceptors (Lipinski definition) is 3. The van der Waals surface area contributed by atoms with Crippen LogP contribution in [0.3, 0.4) is 0 Å². The van der Waals surface area contributed by atoms with E-state index in [2.05, 4.69) is 4.98 Å². The highest BCUT2D eigenvalue weighted by Gasteiger charge is 2.31. The number of pyridine rings is 1. The molecule has 1 aromatic carbocycles. The standard InChI is InChI=1S/C14H13ClN2O2/c15-13-5-11(10-3-1-2-4-12(10)16-13)14(19)17-6-9(7-17)8-18/h1-5,9,18H,6-8H2. The zero-order valence-electron chi connectivity index (χ0n) is 10.2. The Hall–Kier alpha value is -1.65. The molecular weight excluding hydrogens is 264 g/mol. The molecule has 0 saturated carbocycles. The highest BCUT2D eigenvalue weighted by atomic mass is 35.5. The van der Waals surface area contributed by atoms with Gasteiger partial charge in [0.25, 0.3) is 5.91 Å². The van der Waals surface area contributed by atoms with Crippen LogP contribution in [-0.2, 0) is 0 Å². The number of likely N-dealkylation sites (tertiary alicyclic amines) is 1. The van der Waals surface area contributed by atoms with Crippen LogP contribution in [0.2, 0.25) is 5.15 Å². The summed E-state index contributed by atoms with van der Waals surface area (Å²) in [6.07, 6.45) is 0. The summed E-state index contributed by atoms with van der Waals surface area (Å²) in [6, 6.07) is 9.06. The normalized spacial score (nSPS) is 15.6. The lowest BCUT2D eigenvalue weighted by Gasteiger charge is -2.38. The molecule has 19 heavy (non-hydrogen) atoms. The average Bonchev–Trinajstić information content (AvgIpc) is 2.36. The maximum atomic E-state index is 12.4. The summed E-state index contributed by atoms with van der Waals surface area (Å²) >= 11 is 5.97. The molecule has 1 aliphatic rings. The zero-order chi connectivity index (χ0) is 13.4. The van der Waals surface area contributed by atoms with Gasteiger partial charge in [0.15, 0.2) is 0 Å². The number of para-hydroxylation sites is 1. The summed E-state index contributed by atoms with van der Waals surface area (Å²) in [5, 5.41) is 10.1. The first-order chi connectivity index (χ1) is 9.19. The second-order valence-electron chi connectivity index (χ2n) is 4.77. The van der Waals surface area contributed by atoms with Crippen LogP contribution in [0.4, 0.5) is 0 Å². The molecule has 5 heteroatoms. The van der Waals surface area contributed by atoms with Gasteiger partial charge in [-0.1, -0.05) is 29.8 Å². The van der Waals surface area contributed by atoms with Crippen LogP contribution in [0.25, 0.3) is 10.9 Å². The SMILES string of the molecule is O=C(c1cc(Cl)nc2ccccc12)N1CC(CO)C1. The molecule has 0 aliphatic carbocycles. The van der Waals surface area contributed by atoms with Crippen molar-refractivity contribution in [3.05, 3.63) is 41.0 Å². The summed E-state index contributed by atoms with van der Waals surface area (Å²) in [4.78, 5) is 18.3. The van der Waals surface area contributed by atoms with E-state index in [4.69, 9.17) is 16.7 Å². The zero-order valence-corrected chi connectivity index (χ0v) is 11.0. The third-order valence-corrected chi connectivity index (χ3v) is 3.61. The lowest BCUT2D eigenvalue weighted by Crippen LogP contribution is -2.51. The van der Waals surface area contributed by atoms with Crippen molar-refractivity contribution in [2.24, 2.45) is 5.92 Å². The average molecular weight is 277 g/mol. The summed E-state index contributed by atoms with van der Waals surface area (Å²) in [5.41, 5.74) is 1.30. The topological polar surface area (TPSA) is 53.4 Å². The smallest absolute Gasteiger partial charge is 0.254 e. The fraction of sp³-hybridized carbons (Fsp3) is 0.286. The van der Waals surface area contributed by atoms with Gasteiger partial charge in [-0.2, -0.15) is 0 Å². The van der Waals surface area contributed by atoms with Gasteiger partial charge in [0.1, 0.15) is 5.15 Å². The van der Waals surface area contributed by atoms with Crippen LogP contribution in [0.15, 0.2) is 30.3 Å². The fourth-order valence-corrected chi connectivity index (χ4v) is 2.54. The fourth-order valence-electron chi connectivity index (χ4n) is 2.34. The predicted octanol–water partition coefficient (Wildman–Crippen LogP) is 1.95. The molecule has 0 radical (unpaired) electrons. The number of amides is 1. The number of nitrogens with zero attached hydrogens (tertiary/aromatic N) is 2. The van der Waals surface area contributed by atoms with E-state index in [1.54, 1.807) is 11.0 Å². The molecular formula is C14H13ClN2O2. The lowest BCUT2D eigenvalue weighted by molar-refractivity contribution is 0.0364. The van der Waals surface area contributed by atoms with Crippen LogP contribution in [0.5, 0.6) is 0 Å². The maximum absolute atomic E-state index is 12.4. The summed E-state index contributed by atoms with van der Waals surface area (Å²) in [5.74, 6) is 0.151. The van der Waals surface area contributed by atoms with E-state index in [1.807, 2.05) is 24.3 Å². The monoisotopic (exact) mass is 276 g/mol.